The number of carbonyl (C=O) groups is 2. The number of nitrogens with one attached hydrogen (secondary N) is 2. The third-order valence-electron chi connectivity index (χ3n) is 3.02. The zero-order valence-corrected chi connectivity index (χ0v) is 10.4. The van der Waals surface area contributed by atoms with Crippen molar-refractivity contribution in [2.75, 3.05) is 13.1 Å². The molecule has 2 heterocycles. The highest BCUT2D eigenvalue weighted by Crippen LogP contribution is 2.13. The number of H-pyrrole nitrogens is 1. The fourth-order valence-electron chi connectivity index (χ4n) is 2.12. The molecule has 7 nitrogen and oxygen atoms in total. The molecule has 1 atom stereocenters. The number of carbonyl (C=O) groups excluding carboxylic acids is 1. The molecule has 1 aromatic rings. The Bertz CT molecular complexity index is 497. The first-order valence-electron chi connectivity index (χ1n) is 5.97. The smallest absolute Gasteiger partial charge is 0.323 e. The number of hydrogen-bond acceptors (Lipinski definition) is 4. The Kier molecular flexibility index (Phi) is 3.96. The summed E-state index contributed by atoms with van der Waals surface area (Å²) < 4.78 is 0. The van der Waals surface area contributed by atoms with E-state index in [1.807, 2.05) is 0 Å². The zero-order chi connectivity index (χ0) is 13.8. The van der Waals surface area contributed by atoms with E-state index in [9.17, 15) is 9.59 Å². The Balaban J connectivity index is 2.06. The van der Waals surface area contributed by atoms with Crippen molar-refractivity contribution in [3.05, 3.63) is 30.4 Å². The molecule has 3 N–H and O–H groups in total. The molecule has 1 amide bonds. The minimum atomic E-state index is -1.04. The summed E-state index contributed by atoms with van der Waals surface area (Å²) in [4.78, 5) is 31.4. The average Bonchev–Trinajstić information content (AvgIpc) is 2.84. The second-order valence-corrected chi connectivity index (χ2v) is 4.37. The van der Waals surface area contributed by atoms with Crippen molar-refractivity contribution in [2.45, 2.75) is 19.0 Å². The molecule has 0 saturated carbocycles. The van der Waals surface area contributed by atoms with Crippen molar-refractivity contribution in [3.63, 3.8) is 0 Å². The van der Waals surface area contributed by atoms with E-state index in [0.717, 1.165) is 11.4 Å². The topological polar surface area (TPSA) is 98.3 Å². The van der Waals surface area contributed by atoms with Crippen LogP contribution < -0.4 is 5.32 Å². The van der Waals surface area contributed by atoms with Crippen molar-refractivity contribution < 1.29 is 14.7 Å². The average molecular weight is 264 g/mol. The van der Waals surface area contributed by atoms with Gasteiger partial charge in [-0.3, -0.25) is 14.9 Å². The first-order valence-corrected chi connectivity index (χ1v) is 5.97. The van der Waals surface area contributed by atoms with Gasteiger partial charge in [0.1, 0.15) is 6.54 Å². The normalized spacial score (nSPS) is 17.6. The second kappa shape index (κ2) is 5.66. The lowest BCUT2D eigenvalue weighted by molar-refractivity contribution is -0.145. The maximum atomic E-state index is 12.3. The highest BCUT2D eigenvalue weighted by molar-refractivity contribution is 5.86. The van der Waals surface area contributed by atoms with Crippen LogP contribution in [0.3, 0.4) is 0 Å². The Morgan fingerprint density at radius 2 is 2.42 bits per heavy atom. The van der Waals surface area contributed by atoms with Crippen LogP contribution >= 0.6 is 0 Å². The lowest BCUT2D eigenvalue weighted by Gasteiger charge is -2.28. The zero-order valence-electron chi connectivity index (χ0n) is 10.4. The molecule has 1 aromatic heterocycles. The van der Waals surface area contributed by atoms with Crippen molar-refractivity contribution in [1.29, 1.82) is 0 Å². The van der Waals surface area contributed by atoms with Crippen molar-refractivity contribution in [3.8, 4) is 0 Å². The highest BCUT2D eigenvalue weighted by Gasteiger charge is 2.29. The molecule has 0 spiro atoms. The number of rotatable bonds is 5. The molecular weight excluding hydrogens is 248 g/mol. The predicted octanol–water partition coefficient (Wildman–Crippen LogP) is -0.477. The summed E-state index contributed by atoms with van der Waals surface area (Å²) in [6.45, 7) is 3.96. The lowest BCUT2D eigenvalue weighted by atomic mass is 10.0. The summed E-state index contributed by atoms with van der Waals surface area (Å²) in [5.41, 5.74) is 1.82. The Morgan fingerprint density at radius 1 is 1.63 bits per heavy atom. The van der Waals surface area contributed by atoms with Crippen molar-refractivity contribution in [1.82, 2.24) is 20.2 Å². The minimum Gasteiger partial charge on any atom is -0.480 e. The number of fused-ring (bicyclic) bond motifs is 1. The van der Waals surface area contributed by atoms with Gasteiger partial charge in [-0.15, -0.1) is 6.58 Å². The molecule has 0 aromatic carbocycles. The fourth-order valence-corrected chi connectivity index (χ4v) is 2.12. The summed E-state index contributed by atoms with van der Waals surface area (Å²) in [7, 11) is 0. The molecule has 0 radical (unpaired) electrons. The Labute approximate surface area is 110 Å². The quantitative estimate of drug-likeness (QED) is 0.624. The van der Waals surface area contributed by atoms with Crippen LogP contribution in [-0.2, 0) is 22.6 Å². The van der Waals surface area contributed by atoms with Crippen LogP contribution in [-0.4, -0.2) is 51.0 Å². The second-order valence-electron chi connectivity index (χ2n) is 4.37. The highest BCUT2D eigenvalue weighted by atomic mass is 16.4. The number of amides is 1. The summed E-state index contributed by atoms with van der Waals surface area (Å²) in [5.74, 6) is -1.28. The van der Waals surface area contributed by atoms with Gasteiger partial charge in [0.25, 0.3) is 0 Å². The summed E-state index contributed by atoms with van der Waals surface area (Å²) in [6, 6.07) is -0.435. The van der Waals surface area contributed by atoms with Crippen LogP contribution in [0.1, 0.15) is 11.4 Å². The van der Waals surface area contributed by atoms with Crippen molar-refractivity contribution in [2.24, 2.45) is 0 Å². The Hall–Kier alpha value is -2.15. The van der Waals surface area contributed by atoms with E-state index in [-0.39, 0.29) is 19.0 Å². The number of aromatic amines is 1. The van der Waals surface area contributed by atoms with Gasteiger partial charge in [0.2, 0.25) is 5.91 Å². The maximum Gasteiger partial charge on any atom is 0.323 e. The fraction of sp³-hybridized carbons (Fsp3) is 0.417. The Morgan fingerprint density at radius 3 is 3.11 bits per heavy atom. The number of aliphatic carboxylic acids is 1. The molecule has 0 saturated heterocycles. The number of nitrogens with zero attached hydrogens (tertiary/aromatic N) is 2. The largest absolute Gasteiger partial charge is 0.480 e. The maximum absolute atomic E-state index is 12.3. The van der Waals surface area contributed by atoms with Crippen LogP contribution in [0.25, 0.3) is 0 Å². The molecule has 19 heavy (non-hydrogen) atoms. The molecule has 7 heteroatoms. The van der Waals surface area contributed by atoms with Crippen LogP contribution in [0.2, 0.25) is 0 Å². The first-order chi connectivity index (χ1) is 9.11. The molecule has 1 aliphatic rings. The van der Waals surface area contributed by atoms with Gasteiger partial charge in [-0.25, -0.2) is 4.98 Å². The van der Waals surface area contributed by atoms with E-state index in [0.29, 0.717) is 13.0 Å². The van der Waals surface area contributed by atoms with Crippen LogP contribution in [0.5, 0.6) is 0 Å². The van der Waals surface area contributed by atoms with E-state index >= 15 is 0 Å². The van der Waals surface area contributed by atoms with E-state index in [1.165, 1.54) is 11.0 Å². The SMILES string of the molecule is C=CCN(CC(=O)O)C(=O)C1Cc2nc[nH]c2CN1. The molecule has 2 rings (SSSR count). The van der Waals surface area contributed by atoms with Gasteiger partial charge >= 0.3 is 5.97 Å². The van der Waals surface area contributed by atoms with Gasteiger partial charge in [-0.05, 0) is 0 Å². The third-order valence-corrected chi connectivity index (χ3v) is 3.02. The van der Waals surface area contributed by atoms with Crippen LogP contribution in [0.4, 0.5) is 0 Å². The van der Waals surface area contributed by atoms with Gasteiger partial charge in [-0.2, -0.15) is 0 Å². The van der Waals surface area contributed by atoms with Gasteiger partial charge in [0.15, 0.2) is 0 Å². The molecule has 0 aliphatic carbocycles. The van der Waals surface area contributed by atoms with Gasteiger partial charge in [0.05, 0.1) is 23.8 Å². The lowest BCUT2D eigenvalue weighted by Crippen LogP contribution is -2.50. The van der Waals surface area contributed by atoms with E-state index in [2.05, 4.69) is 21.9 Å². The number of carboxylic acids is 1. The number of imidazole rings is 1. The molecular formula is C12H16N4O3. The third kappa shape index (κ3) is 3.00. The summed E-state index contributed by atoms with van der Waals surface area (Å²) in [6.07, 6.45) is 3.58. The van der Waals surface area contributed by atoms with Crippen molar-refractivity contribution >= 4 is 11.9 Å². The minimum absolute atomic E-state index is 0.219. The number of carboxylic acid groups (broad SMARTS) is 1. The van der Waals surface area contributed by atoms with Gasteiger partial charge in [-0.1, -0.05) is 6.08 Å². The van der Waals surface area contributed by atoms with E-state index in [1.54, 1.807) is 6.33 Å². The predicted molar refractivity (Wildman–Crippen MR) is 67.3 cm³/mol. The van der Waals surface area contributed by atoms with E-state index < -0.39 is 12.0 Å². The molecule has 1 unspecified atom stereocenters. The first kappa shape index (κ1) is 13.3. The van der Waals surface area contributed by atoms with Crippen LogP contribution in [0, 0.1) is 0 Å². The number of hydrogen-bond donors (Lipinski definition) is 3. The standard InChI is InChI=1S/C12H16N4O3/c1-2-3-16(6-11(17)18)12(19)9-4-8-10(5-13-9)15-7-14-8/h2,7,9,13H,1,3-6H2,(H,14,15)(H,17,18). The van der Waals surface area contributed by atoms with Crippen LogP contribution in [0.15, 0.2) is 19.0 Å². The van der Waals surface area contributed by atoms with E-state index in [4.69, 9.17) is 5.11 Å². The number of aromatic nitrogens is 2. The monoisotopic (exact) mass is 264 g/mol. The molecule has 0 fully saturated rings. The van der Waals surface area contributed by atoms with Gasteiger partial charge < -0.3 is 15.0 Å². The summed E-state index contributed by atoms with van der Waals surface area (Å²) in [5, 5.41) is 11.9. The molecule has 0 bridgehead atoms. The molecule has 1 aliphatic heterocycles. The van der Waals surface area contributed by atoms with Gasteiger partial charge in [0, 0.05) is 19.5 Å². The summed E-state index contributed by atoms with van der Waals surface area (Å²) >= 11 is 0. The molecule has 102 valence electrons.